The Morgan fingerprint density at radius 3 is 1.27 bits per heavy atom. The van der Waals surface area contributed by atoms with Gasteiger partial charge in [0, 0.05) is 122 Å². The summed E-state index contributed by atoms with van der Waals surface area (Å²) in [4.78, 5) is 121. The summed E-state index contributed by atoms with van der Waals surface area (Å²) in [7, 11) is 0. The Morgan fingerprint density at radius 2 is 0.891 bits per heavy atom. The summed E-state index contributed by atoms with van der Waals surface area (Å²) in [5, 5.41) is 4.26. The number of aromatic nitrogens is 2. The fourth-order valence-corrected chi connectivity index (χ4v) is 19.1. The van der Waals surface area contributed by atoms with E-state index in [-0.39, 0.29) is 89.0 Å². The number of allylic oxidation sites excluding steroid dienone is 2. The van der Waals surface area contributed by atoms with Gasteiger partial charge >= 0.3 is 0 Å². The molecule has 7 fully saturated rings. The summed E-state index contributed by atoms with van der Waals surface area (Å²) in [6, 6.07) is 28.6. The molecule has 7 aliphatic carbocycles. The molecule has 1 aromatic heterocycles. The average molecular weight is 1770 g/mol. The molecule has 2 atom stereocenters. The van der Waals surface area contributed by atoms with E-state index < -0.39 is 0 Å². The first-order chi connectivity index (χ1) is 58.4. The number of likely N-dealkylation sites (tertiary alicyclic amines) is 1. The fourth-order valence-electron chi connectivity index (χ4n) is 19.1. The van der Waals surface area contributed by atoms with Crippen LogP contribution < -0.4 is 0 Å². The van der Waals surface area contributed by atoms with Crippen molar-refractivity contribution >= 4 is 58.0 Å². The molecule has 128 heavy (non-hydrogen) atoms. The number of aryl methyl sites for hydroxylation is 3. The number of hydrogen-bond donors (Lipinski definition) is 0. The Morgan fingerprint density at radius 1 is 0.438 bits per heavy atom. The zero-order valence-corrected chi connectivity index (χ0v) is 88.2. The van der Waals surface area contributed by atoms with E-state index in [0.29, 0.717) is 83.4 Å². The molecule has 0 radical (unpaired) electrons. The smallest absolute Gasteiger partial charge is 0.219 e. The second-order valence-electron chi connectivity index (χ2n) is 49.6. The minimum atomic E-state index is -0.285. The van der Waals surface area contributed by atoms with Crippen LogP contribution in [-0.4, -0.2) is 85.7 Å². The van der Waals surface area contributed by atoms with Gasteiger partial charge in [0.1, 0.15) is 52.8 Å². The molecular weight excluding hydrogens is 1580 g/mol. The van der Waals surface area contributed by atoms with Gasteiger partial charge in [-0.2, -0.15) is 5.10 Å². The molecule has 12 rings (SSSR count). The standard InChI is InChI=1S/C15H24O.2C15H22O.C13H18O.C12H21NO2.C12H22O.C11H18N2O.C11H20O.C11H18O/c1-14(2,3)13(16)15-7-10-4-11(8-15)6-12(5-10)9-15;1-11(2)13-8-6-12(7-9-13)10-14(16)15(3,4)5;1-11(2)13(14(16)15(3,4)5)12-9-7-6-8-10-12;1-10-6-5-7-11(8-10)9-12(14)13(2,3)4;1-9(14)13-7-5-10(6-8-13)11(15)12(2,3)4;1-11(2,3)10(13)12(4)8-6-5-7-9-12;1-8-6-9(2)13(12-8)7-10(14)11(3,4)5;1-11(2,3)10(12)8-9-6-4-5-7-9;1-11(2,3)10(12)9-7-5-4-6-8-9/h10-12H,4-9H2,1-3H3;6-9,11H,10H2,1-5H3;6-11,13H,1-5H3;5-8H,9H2,1-4H3;10H,5-8H2,1-4H3;5-9H2,1-4H3;6H,7H2,1-5H3;9H,4-8H2,1-3H3;4-5,9H,6-8H2,1-3H3. The number of carbonyl (C=O) groups is 10. The van der Waals surface area contributed by atoms with Gasteiger partial charge in [-0.05, 0) is 168 Å². The number of rotatable bonds is 16. The predicted molar refractivity (Wildman–Crippen MR) is 535 cm³/mol. The van der Waals surface area contributed by atoms with Crippen LogP contribution in [0.4, 0.5) is 0 Å². The minimum absolute atomic E-state index is 0.0150. The van der Waals surface area contributed by atoms with Gasteiger partial charge in [-0.1, -0.05) is 363 Å². The topological polar surface area (TPSA) is 192 Å². The molecule has 2 heterocycles. The number of amides is 1. The van der Waals surface area contributed by atoms with Crippen molar-refractivity contribution in [3.8, 4) is 0 Å². The van der Waals surface area contributed by atoms with Gasteiger partial charge in [0.25, 0.3) is 0 Å². The van der Waals surface area contributed by atoms with Crippen molar-refractivity contribution in [1.82, 2.24) is 14.7 Å². The lowest BCUT2D eigenvalue weighted by Gasteiger charge is -2.57. The quantitative estimate of drug-likeness (QED) is 0.0970. The monoisotopic (exact) mass is 1770 g/mol. The highest BCUT2D eigenvalue weighted by Crippen LogP contribution is 2.62. The van der Waals surface area contributed by atoms with Crippen molar-refractivity contribution in [3.63, 3.8) is 0 Å². The molecule has 0 spiro atoms. The van der Waals surface area contributed by atoms with Gasteiger partial charge in [0.15, 0.2) is 5.78 Å². The van der Waals surface area contributed by atoms with Crippen molar-refractivity contribution in [1.29, 1.82) is 0 Å². The highest BCUT2D eigenvalue weighted by Gasteiger charge is 2.56. The zero-order chi connectivity index (χ0) is 98.1. The maximum Gasteiger partial charge on any atom is 0.219 e. The number of benzene rings is 3. The molecule has 1 aliphatic heterocycles. The summed E-state index contributed by atoms with van der Waals surface area (Å²) >= 11 is 0. The molecule has 2 unspecified atom stereocenters. The van der Waals surface area contributed by atoms with E-state index in [4.69, 9.17) is 0 Å². The molecule has 4 aromatic rings. The molecule has 13 heteroatoms. The number of hydrogen-bond acceptors (Lipinski definition) is 11. The van der Waals surface area contributed by atoms with Crippen LogP contribution in [0.5, 0.6) is 0 Å². The average Bonchev–Trinajstić information content (AvgIpc) is 0.829. The van der Waals surface area contributed by atoms with Crippen molar-refractivity contribution in [2.75, 3.05) is 13.1 Å². The number of Topliss-reactive ketones (excluding diaryl/α,β-unsaturated/α-hetero) is 9. The summed E-state index contributed by atoms with van der Waals surface area (Å²) in [6.45, 7) is 74.1. The van der Waals surface area contributed by atoms with Crippen LogP contribution >= 0.6 is 0 Å². The summed E-state index contributed by atoms with van der Waals surface area (Å²) in [6.07, 6.45) is 30.1. The van der Waals surface area contributed by atoms with E-state index in [9.17, 15) is 47.9 Å². The predicted octanol–water partition coefficient (Wildman–Crippen LogP) is 28.7. The van der Waals surface area contributed by atoms with Gasteiger partial charge in [-0.3, -0.25) is 52.6 Å². The lowest BCUT2D eigenvalue weighted by Crippen LogP contribution is -2.52. The van der Waals surface area contributed by atoms with Gasteiger partial charge in [0.05, 0.1) is 5.69 Å². The Hall–Kier alpha value is -6.89. The Kier molecular flexibility index (Phi) is 44.3. The SMILES string of the molecule is CC(=O)N1CCC(C(=O)C(C)(C)C)CC1.CC(C)(C)C(=O)C1(C)CCCCC1.CC(C)(C)C(=O)C12CC3CC(CC(C3)C1)C2.CC(C)(C)C(=O)C1CC=CCC1.CC(C)(C)C(=O)CC1CCCC1.CC(C)C(C(=O)C(C)(C)C)c1ccccc1.CC(C)c1ccc(CC(=O)C(C)(C)C)cc1.Cc1cc(C)n(CC(=O)C(C)(C)C)n1.Cc1cccc(CC(=O)C(C)(C)C)c1. The Balaban J connectivity index is 0.000000372. The van der Waals surface area contributed by atoms with Gasteiger partial charge in [0.2, 0.25) is 5.91 Å². The summed E-state index contributed by atoms with van der Waals surface area (Å²) < 4.78 is 1.77. The van der Waals surface area contributed by atoms with Crippen LogP contribution in [0.1, 0.15) is 414 Å². The van der Waals surface area contributed by atoms with Gasteiger partial charge in [-0.25, -0.2) is 0 Å². The largest absolute Gasteiger partial charge is 0.343 e. The highest BCUT2D eigenvalue weighted by molar-refractivity contribution is 5.92. The molecule has 3 aromatic carbocycles. The van der Waals surface area contributed by atoms with Crippen molar-refractivity contribution in [3.05, 3.63) is 136 Å². The van der Waals surface area contributed by atoms with E-state index in [1.165, 1.54) is 94.6 Å². The molecule has 4 bridgehead atoms. The van der Waals surface area contributed by atoms with Crippen LogP contribution in [0, 0.1) is 122 Å². The Labute approximate surface area is 781 Å². The van der Waals surface area contributed by atoms with E-state index in [0.717, 1.165) is 110 Å². The minimum Gasteiger partial charge on any atom is -0.343 e. The normalized spacial score (nSPS) is 20.2. The van der Waals surface area contributed by atoms with Crippen molar-refractivity contribution in [2.45, 2.75) is 415 Å². The number of carbonyl (C=O) groups excluding carboxylic acids is 10. The lowest BCUT2D eigenvalue weighted by molar-refractivity contribution is -0.152. The van der Waals surface area contributed by atoms with Crippen molar-refractivity contribution in [2.24, 2.45) is 101 Å². The summed E-state index contributed by atoms with van der Waals surface area (Å²) in [5.74, 6) is 8.19. The van der Waals surface area contributed by atoms with Gasteiger partial charge in [-0.15, -0.1) is 0 Å². The molecule has 13 nitrogen and oxygen atoms in total. The molecule has 1 saturated heterocycles. The van der Waals surface area contributed by atoms with E-state index in [1.807, 2.05) is 246 Å². The van der Waals surface area contributed by atoms with Crippen molar-refractivity contribution < 1.29 is 47.9 Å². The maximum atomic E-state index is 12.7. The Bertz CT molecular complexity index is 4170. The maximum absolute atomic E-state index is 12.7. The highest BCUT2D eigenvalue weighted by atomic mass is 16.2. The van der Waals surface area contributed by atoms with Crippen LogP contribution in [0.15, 0.2) is 97.1 Å². The van der Waals surface area contributed by atoms with E-state index in [2.05, 4.69) is 103 Å². The zero-order valence-electron chi connectivity index (χ0n) is 88.2. The van der Waals surface area contributed by atoms with E-state index in [1.54, 1.807) is 11.6 Å². The molecule has 720 valence electrons. The third kappa shape index (κ3) is 39.5. The first-order valence-electron chi connectivity index (χ1n) is 49.4. The number of ketones is 9. The molecule has 0 N–H and O–H groups in total. The lowest BCUT2D eigenvalue weighted by atomic mass is 9.47. The first-order valence-corrected chi connectivity index (χ1v) is 49.4. The third-order valence-electron chi connectivity index (χ3n) is 26.8. The number of piperidine rings is 1. The molecule has 6 saturated carbocycles. The first kappa shape index (κ1) is 115. The number of nitrogens with zero attached hydrogens (tertiary/aromatic N) is 3. The second-order valence-corrected chi connectivity index (χ2v) is 49.6. The van der Waals surface area contributed by atoms with Crippen LogP contribution in [-0.2, 0) is 67.3 Å². The van der Waals surface area contributed by atoms with Crippen LogP contribution in [0.3, 0.4) is 0 Å². The van der Waals surface area contributed by atoms with E-state index >= 15 is 0 Å². The second kappa shape index (κ2) is 49.2. The van der Waals surface area contributed by atoms with Crippen LogP contribution in [0.2, 0.25) is 0 Å². The third-order valence-corrected chi connectivity index (χ3v) is 26.8. The van der Waals surface area contributed by atoms with Crippen LogP contribution in [0.25, 0.3) is 0 Å². The molecule has 1 amide bonds. The fraction of sp³-hybridized carbons (Fsp3) is 0.713. The molecular formula is C115H185N3O10. The molecule has 8 aliphatic rings. The summed E-state index contributed by atoms with van der Waals surface area (Å²) in [5.41, 5.74) is 6.15. The van der Waals surface area contributed by atoms with Gasteiger partial charge < -0.3 is 4.90 Å².